The van der Waals surface area contributed by atoms with E-state index >= 15 is 0 Å². The van der Waals surface area contributed by atoms with E-state index in [2.05, 4.69) is 18.3 Å². The van der Waals surface area contributed by atoms with Crippen LogP contribution in [-0.4, -0.2) is 37.0 Å². The summed E-state index contributed by atoms with van der Waals surface area (Å²) in [6, 6.07) is 3.98. The monoisotopic (exact) mass is 331 g/mol. The fourth-order valence-electron chi connectivity index (χ4n) is 2.79. The second-order valence-corrected chi connectivity index (χ2v) is 7.75. The smallest absolute Gasteiger partial charge is 0.0931 e. The van der Waals surface area contributed by atoms with Crippen molar-refractivity contribution in [1.29, 1.82) is 0 Å². The first-order chi connectivity index (χ1) is 10.1. The van der Waals surface area contributed by atoms with Crippen LogP contribution in [0.2, 0.25) is 4.34 Å². The van der Waals surface area contributed by atoms with Crippen LogP contribution in [0.1, 0.15) is 37.5 Å². The third-order valence-electron chi connectivity index (χ3n) is 4.09. The molecule has 5 heteroatoms. The molecule has 21 heavy (non-hydrogen) atoms. The number of rotatable bonds is 8. The molecule has 2 rings (SSSR count). The summed E-state index contributed by atoms with van der Waals surface area (Å²) in [5.41, 5.74) is 0. The maximum atomic E-state index is 9.96. The van der Waals surface area contributed by atoms with Crippen LogP contribution in [0.3, 0.4) is 0 Å². The lowest BCUT2D eigenvalue weighted by molar-refractivity contribution is -0.0450. The summed E-state index contributed by atoms with van der Waals surface area (Å²) in [5, 5.41) is 13.2. The van der Waals surface area contributed by atoms with Gasteiger partial charge in [-0.3, -0.25) is 0 Å². The first-order valence-corrected chi connectivity index (χ1v) is 9.09. The normalized spacial score (nSPS) is 24.1. The molecule has 1 fully saturated rings. The van der Waals surface area contributed by atoms with Gasteiger partial charge in [-0.1, -0.05) is 31.4 Å². The lowest BCUT2D eigenvalue weighted by Crippen LogP contribution is -2.35. The number of aliphatic hydroxyl groups is 1. The Balaban J connectivity index is 1.54. The summed E-state index contributed by atoms with van der Waals surface area (Å²) in [6.45, 7) is 4.13. The molecule has 0 bridgehead atoms. The SMILES string of the molecule is CC1CCCCC1OCC(O)CNCCc1ccc(Cl)s1. The Bertz CT molecular complexity index is 413. The Hall–Kier alpha value is -0.130. The molecule has 1 saturated carbocycles. The number of ether oxygens (including phenoxy) is 1. The van der Waals surface area contributed by atoms with E-state index in [0.717, 1.165) is 23.7 Å². The van der Waals surface area contributed by atoms with Gasteiger partial charge in [-0.25, -0.2) is 0 Å². The molecule has 120 valence electrons. The summed E-state index contributed by atoms with van der Waals surface area (Å²) >= 11 is 7.51. The van der Waals surface area contributed by atoms with Gasteiger partial charge < -0.3 is 15.2 Å². The Labute approximate surface area is 136 Å². The van der Waals surface area contributed by atoms with Gasteiger partial charge in [0, 0.05) is 18.0 Å². The van der Waals surface area contributed by atoms with Crippen molar-refractivity contribution < 1.29 is 9.84 Å². The predicted molar refractivity (Wildman–Crippen MR) is 89.3 cm³/mol. The summed E-state index contributed by atoms with van der Waals surface area (Å²) in [5.74, 6) is 0.627. The van der Waals surface area contributed by atoms with Crippen molar-refractivity contribution in [1.82, 2.24) is 5.32 Å². The first kappa shape index (κ1) is 17.2. The van der Waals surface area contributed by atoms with Crippen molar-refractivity contribution in [3.8, 4) is 0 Å². The highest BCUT2D eigenvalue weighted by atomic mass is 35.5. The highest BCUT2D eigenvalue weighted by Gasteiger charge is 2.22. The lowest BCUT2D eigenvalue weighted by atomic mass is 9.88. The Morgan fingerprint density at radius 1 is 1.43 bits per heavy atom. The molecule has 3 unspecified atom stereocenters. The summed E-state index contributed by atoms with van der Waals surface area (Å²) in [6.07, 6.45) is 5.82. The highest BCUT2D eigenvalue weighted by Crippen LogP contribution is 2.26. The molecule has 0 amide bonds. The zero-order valence-electron chi connectivity index (χ0n) is 12.7. The zero-order chi connectivity index (χ0) is 15.1. The molecule has 0 spiro atoms. The fraction of sp³-hybridized carbons (Fsp3) is 0.750. The molecule has 3 atom stereocenters. The van der Waals surface area contributed by atoms with Crippen molar-refractivity contribution in [3.05, 3.63) is 21.3 Å². The highest BCUT2D eigenvalue weighted by molar-refractivity contribution is 7.16. The number of nitrogens with one attached hydrogen (secondary N) is 1. The van der Waals surface area contributed by atoms with E-state index < -0.39 is 6.10 Å². The molecule has 0 radical (unpaired) electrons. The van der Waals surface area contributed by atoms with Crippen LogP contribution in [0.25, 0.3) is 0 Å². The molecule has 0 aromatic carbocycles. The van der Waals surface area contributed by atoms with Gasteiger partial charge in [0.15, 0.2) is 0 Å². The van der Waals surface area contributed by atoms with Crippen LogP contribution in [0.15, 0.2) is 12.1 Å². The second-order valence-electron chi connectivity index (χ2n) is 5.95. The summed E-state index contributed by atoms with van der Waals surface area (Å²) < 4.78 is 6.70. The van der Waals surface area contributed by atoms with Gasteiger partial charge in [0.2, 0.25) is 0 Å². The Kier molecular flexibility index (Phi) is 7.47. The average Bonchev–Trinajstić information content (AvgIpc) is 2.88. The van der Waals surface area contributed by atoms with Crippen molar-refractivity contribution in [2.24, 2.45) is 5.92 Å². The number of aliphatic hydroxyl groups excluding tert-OH is 1. The van der Waals surface area contributed by atoms with Gasteiger partial charge in [-0.2, -0.15) is 0 Å². The first-order valence-electron chi connectivity index (χ1n) is 7.89. The number of thiophene rings is 1. The molecule has 3 nitrogen and oxygen atoms in total. The molecule has 1 aromatic rings. The third-order valence-corrected chi connectivity index (χ3v) is 5.38. The summed E-state index contributed by atoms with van der Waals surface area (Å²) in [7, 11) is 0. The van der Waals surface area contributed by atoms with Crippen molar-refractivity contribution in [2.45, 2.75) is 51.2 Å². The van der Waals surface area contributed by atoms with Crippen LogP contribution < -0.4 is 5.32 Å². The van der Waals surface area contributed by atoms with Crippen LogP contribution >= 0.6 is 22.9 Å². The Morgan fingerprint density at radius 2 is 2.24 bits per heavy atom. The standard InChI is InChI=1S/C16H26ClNO2S/c1-12-4-2-3-5-15(12)20-11-13(19)10-18-9-8-14-6-7-16(17)21-14/h6-7,12-13,15,18-19H,2-5,8-11H2,1H3. The van der Waals surface area contributed by atoms with E-state index in [9.17, 15) is 5.11 Å². The third kappa shape index (κ3) is 6.25. The van der Waals surface area contributed by atoms with Gasteiger partial charge >= 0.3 is 0 Å². The molecule has 1 aliphatic carbocycles. The Morgan fingerprint density at radius 3 is 2.95 bits per heavy atom. The molecule has 0 aliphatic heterocycles. The predicted octanol–water partition coefficient (Wildman–Crippen LogP) is 3.49. The zero-order valence-corrected chi connectivity index (χ0v) is 14.3. The van der Waals surface area contributed by atoms with Gasteiger partial charge in [0.25, 0.3) is 0 Å². The van der Waals surface area contributed by atoms with Gasteiger partial charge in [0.1, 0.15) is 0 Å². The van der Waals surface area contributed by atoms with E-state index in [-0.39, 0.29) is 0 Å². The second kappa shape index (κ2) is 9.11. The quantitative estimate of drug-likeness (QED) is 0.716. The van der Waals surface area contributed by atoms with E-state index in [4.69, 9.17) is 16.3 Å². The maximum Gasteiger partial charge on any atom is 0.0931 e. The van der Waals surface area contributed by atoms with Crippen molar-refractivity contribution >= 4 is 22.9 Å². The number of hydrogen-bond acceptors (Lipinski definition) is 4. The molecular weight excluding hydrogens is 306 g/mol. The van der Waals surface area contributed by atoms with Crippen LogP contribution in [0.4, 0.5) is 0 Å². The van der Waals surface area contributed by atoms with Gasteiger partial charge in [-0.05, 0) is 37.3 Å². The van der Waals surface area contributed by atoms with Crippen LogP contribution in [0.5, 0.6) is 0 Å². The minimum absolute atomic E-state index is 0.335. The molecule has 0 saturated heterocycles. The lowest BCUT2D eigenvalue weighted by Gasteiger charge is -2.29. The maximum absolute atomic E-state index is 9.96. The van der Waals surface area contributed by atoms with Crippen molar-refractivity contribution in [3.63, 3.8) is 0 Å². The van der Waals surface area contributed by atoms with E-state index in [1.165, 1.54) is 24.1 Å². The van der Waals surface area contributed by atoms with Crippen LogP contribution in [-0.2, 0) is 11.2 Å². The molecule has 1 aromatic heterocycles. The largest absolute Gasteiger partial charge is 0.389 e. The minimum Gasteiger partial charge on any atom is -0.389 e. The number of halogens is 1. The van der Waals surface area contributed by atoms with E-state index in [0.29, 0.717) is 25.2 Å². The van der Waals surface area contributed by atoms with Gasteiger partial charge in [-0.15, -0.1) is 11.3 Å². The molecule has 2 N–H and O–H groups in total. The van der Waals surface area contributed by atoms with E-state index in [1.54, 1.807) is 11.3 Å². The van der Waals surface area contributed by atoms with Gasteiger partial charge in [0.05, 0.1) is 23.2 Å². The minimum atomic E-state index is -0.425. The fourth-order valence-corrected chi connectivity index (χ4v) is 3.88. The number of hydrogen-bond donors (Lipinski definition) is 2. The average molecular weight is 332 g/mol. The van der Waals surface area contributed by atoms with Crippen molar-refractivity contribution in [2.75, 3.05) is 19.7 Å². The van der Waals surface area contributed by atoms with E-state index in [1.807, 2.05) is 6.07 Å². The molecular formula is C16H26ClNO2S. The summed E-state index contributed by atoms with van der Waals surface area (Å²) in [4.78, 5) is 1.27. The van der Waals surface area contributed by atoms with Crippen LogP contribution in [0, 0.1) is 5.92 Å². The topological polar surface area (TPSA) is 41.5 Å². The molecule has 1 aliphatic rings. The molecule has 1 heterocycles.